The number of benzene rings is 3. The second-order valence-corrected chi connectivity index (χ2v) is 12.0. The molecule has 1 aliphatic heterocycles. The lowest BCUT2D eigenvalue weighted by Gasteiger charge is -2.22. The summed E-state index contributed by atoms with van der Waals surface area (Å²) in [5.41, 5.74) is 1.68. The van der Waals surface area contributed by atoms with Crippen molar-refractivity contribution in [1.82, 2.24) is 19.6 Å². The van der Waals surface area contributed by atoms with Crippen LogP contribution in [0.1, 0.15) is 29.7 Å². The second kappa shape index (κ2) is 13.1. The fourth-order valence-electron chi connectivity index (χ4n) is 4.51. The molecule has 1 N–H and O–H groups in total. The van der Waals surface area contributed by atoms with Crippen LogP contribution in [0, 0.1) is 5.82 Å². The van der Waals surface area contributed by atoms with Crippen molar-refractivity contribution < 1.29 is 26.6 Å². The minimum atomic E-state index is -4.45. The van der Waals surface area contributed by atoms with Crippen molar-refractivity contribution in [2.24, 2.45) is 0 Å². The molecule has 3 aromatic carbocycles. The minimum Gasteiger partial charge on any atom is -0.349 e. The van der Waals surface area contributed by atoms with E-state index in [2.05, 4.69) is 15.3 Å². The molecule has 5 rings (SSSR count). The smallest absolute Gasteiger partial charge is 0.349 e. The first-order chi connectivity index (χ1) is 20.2. The number of hydrogen-bond acceptors (Lipinski definition) is 5. The van der Waals surface area contributed by atoms with E-state index >= 15 is 0 Å². The van der Waals surface area contributed by atoms with E-state index in [-0.39, 0.29) is 12.5 Å². The van der Waals surface area contributed by atoms with Crippen LogP contribution < -0.4 is 5.32 Å². The molecule has 1 amide bonds. The fraction of sp³-hybridized carbons (Fsp3) is 0.233. The van der Waals surface area contributed by atoms with Crippen molar-refractivity contribution in [2.75, 3.05) is 6.54 Å². The van der Waals surface area contributed by atoms with Crippen LogP contribution in [0.2, 0.25) is 0 Å². The van der Waals surface area contributed by atoms with Crippen molar-refractivity contribution in [3.8, 4) is 11.3 Å². The van der Waals surface area contributed by atoms with E-state index in [0.29, 0.717) is 52.1 Å². The highest BCUT2D eigenvalue weighted by Gasteiger charge is 2.35. The zero-order valence-corrected chi connectivity index (χ0v) is 23.8. The summed E-state index contributed by atoms with van der Waals surface area (Å²) in [7, 11) is -1.63. The first-order valence-corrected chi connectivity index (χ1v) is 15.2. The van der Waals surface area contributed by atoms with E-state index in [9.17, 15) is 26.6 Å². The van der Waals surface area contributed by atoms with Crippen LogP contribution >= 0.6 is 11.8 Å². The number of thioether (sulfide) groups is 1. The Kier molecular flexibility index (Phi) is 9.34. The van der Waals surface area contributed by atoms with E-state index in [1.54, 1.807) is 10.4 Å². The molecule has 0 spiro atoms. The number of nitrogens with one attached hydrogen (secondary N) is 1. The van der Waals surface area contributed by atoms with Crippen molar-refractivity contribution in [2.45, 2.75) is 47.4 Å². The van der Waals surface area contributed by atoms with Crippen LogP contribution in [0.3, 0.4) is 0 Å². The topological polar surface area (TPSA) is 75.2 Å². The molecule has 2 atom stereocenters. The highest BCUT2D eigenvalue weighted by molar-refractivity contribution is 7.98. The van der Waals surface area contributed by atoms with Crippen LogP contribution in [0.25, 0.3) is 11.3 Å². The quantitative estimate of drug-likeness (QED) is 0.134. The number of amides is 1. The zero-order chi connectivity index (χ0) is 29.7. The highest BCUT2D eigenvalue weighted by Crippen LogP contribution is 2.31. The molecule has 2 heterocycles. The monoisotopic (exact) mass is 614 g/mol. The lowest BCUT2D eigenvalue weighted by atomic mass is 10.1. The number of aromatic nitrogens is 2. The van der Waals surface area contributed by atoms with Gasteiger partial charge in [-0.05, 0) is 60.9 Å². The number of halogens is 4. The summed E-state index contributed by atoms with van der Waals surface area (Å²) >= 11 is 1.38. The molecule has 0 saturated carbocycles. The number of rotatable bonds is 9. The third kappa shape index (κ3) is 7.42. The molecule has 1 aromatic heterocycles. The van der Waals surface area contributed by atoms with E-state index in [4.69, 9.17) is 0 Å². The Hall–Kier alpha value is -3.61. The maximum absolute atomic E-state index is 13.3. The van der Waals surface area contributed by atoms with E-state index in [1.807, 2.05) is 30.3 Å². The summed E-state index contributed by atoms with van der Waals surface area (Å²) in [4.78, 5) is 22.8. The van der Waals surface area contributed by atoms with Gasteiger partial charge in [-0.1, -0.05) is 54.2 Å². The Morgan fingerprint density at radius 2 is 1.71 bits per heavy atom. The van der Waals surface area contributed by atoms with Crippen molar-refractivity contribution in [3.63, 3.8) is 0 Å². The lowest BCUT2D eigenvalue weighted by Crippen LogP contribution is -2.43. The van der Waals surface area contributed by atoms with Gasteiger partial charge < -0.3 is 5.32 Å². The standard InChI is InChI=1S/C30H26F4N4O2S2/c31-23-12-14-25(15-13-23)42(40)38-16-4-7-27(38)28(39)35-18-24-17-26(21-8-10-22(11-9-21)30(32,33)34)37-29(36-24)41-19-20-5-2-1-3-6-20/h1-3,5-6,8-15,17,27H,4,7,16,18-19H2,(H,35,39). The molecule has 1 aliphatic rings. The first kappa shape index (κ1) is 29.9. The van der Waals surface area contributed by atoms with Gasteiger partial charge in [0.15, 0.2) is 5.16 Å². The first-order valence-electron chi connectivity index (χ1n) is 13.1. The molecule has 1 fully saturated rings. The Morgan fingerprint density at radius 3 is 2.40 bits per heavy atom. The van der Waals surface area contributed by atoms with E-state index < -0.39 is 34.6 Å². The van der Waals surface area contributed by atoms with Gasteiger partial charge in [-0.25, -0.2) is 22.9 Å². The van der Waals surface area contributed by atoms with E-state index in [0.717, 1.165) is 17.7 Å². The normalized spacial score (nSPS) is 16.3. The molecular formula is C30H26F4N4O2S2. The number of alkyl halides is 3. The number of carbonyl (C=O) groups excluding carboxylic acids is 1. The number of carbonyl (C=O) groups is 1. The average molecular weight is 615 g/mol. The maximum atomic E-state index is 13.3. The number of nitrogens with zero attached hydrogens (tertiary/aromatic N) is 3. The van der Waals surface area contributed by atoms with Gasteiger partial charge in [0, 0.05) is 17.9 Å². The van der Waals surface area contributed by atoms with Gasteiger partial charge in [0.2, 0.25) is 5.91 Å². The summed E-state index contributed by atoms with van der Waals surface area (Å²) in [6.07, 6.45) is -3.26. The third-order valence-corrected chi connectivity index (χ3v) is 9.11. The highest BCUT2D eigenvalue weighted by atomic mass is 32.2. The van der Waals surface area contributed by atoms with Gasteiger partial charge in [-0.15, -0.1) is 0 Å². The lowest BCUT2D eigenvalue weighted by molar-refractivity contribution is -0.137. The molecule has 12 heteroatoms. The maximum Gasteiger partial charge on any atom is 0.416 e. The molecule has 0 aliphatic carbocycles. The van der Waals surface area contributed by atoms with Gasteiger partial charge in [-0.3, -0.25) is 4.79 Å². The third-order valence-electron chi connectivity index (χ3n) is 6.66. The van der Waals surface area contributed by atoms with Crippen LogP contribution in [0.15, 0.2) is 95.0 Å². The van der Waals surface area contributed by atoms with Gasteiger partial charge in [0.1, 0.15) is 22.8 Å². The molecule has 1 saturated heterocycles. The SMILES string of the molecule is O=C(NCc1cc(-c2ccc(C(F)(F)F)cc2)nc(SCc2ccccc2)n1)C1CCCN1S(=O)c1ccc(F)cc1. The molecule has 218 valence electrons. The molecule has 4 aromatic rings. The van der Waals surface area contributed by atoms with Crippen LogP contribution in [0.4, 0.5) is 17.6 Å². The zero-order valence-electron chi connectivity index (χ0n) is 22.2. The summed E-state index contributed by atoms with van der Waals surface area (Å²) in [6, 6.07) is 20.8. The van der Waals surface area contributed by atoms with Crippen molar-refractivity contribution in [3.05, 3.63) is 108 Å². The summed E-state index contributed by atoms with van der Waals surface area (Å²) < 4.78 is 67.3. The van der Waals surface area contributed by atoms with Crippen molar-refractivity contribution in [1.29, 1.82) is 0 Å². The van der Waals surface area contributed by atoms with Gasteiger partial charge in [0.25, 0.3) is 0 Å². The molecular weight excluding hydrogens is 588 g/mol. The summed E-state index contributed by atoms with van der Waals surface area (Å²) in [5, 5.41) is 3.29. The Bertz CT molecular complexity index is 1550. The van der Waals surface area contributed by atoms with Gasteiger partial charge >= 0.3 is 6.18 Å². The second-order valence-electron chi connectivity index (χ2n) is 9.60. The average Bonchev–Trinajstić information content (AvgIpc) is 3.49. The molecule has 0 radical (unpaired) electrons. The molecule has 42 heavy (non-hydrogen) atoms. The van der Waals surface area contributed by atoms with Gasteiger partial charge in [-0.2, -0.15) is 13.2 Å². The number of hydrogen-bond donors (Lipinski definition) is 1. The Balaban J connectivity index is 1.33. The Morgan fingerprint density at radius 1 is 1.00 bits per heavy atom. The predicted octanol–water partition coefficient (Wildman–Crippen LogP) is 6.40. The predicted molar refractivity (Wildman–Crippen MR) is 153 cm³/mol. The van der Waals surface area contributed by atoms with Gasteiger partial charge in [0.05, 0.1) is 28.4 Å². The summed E-state index contributed by atoms with van der Waals surface area (Å²) in [5.74, 6) is -0.181. The van der Waals surface area contributed by atoms with Crippen LogP contribution in [-0.4, -0.2) is 37.0 Å². The van der Waals surface area contributed by atoms with Crippen molar-refractivity contribution >= 4 is 28.7 Å². The van der Waals surface area contributed by atoms with Crippen LogP contribution in [-0.2, 0) is 34.3 Å². The molecule has 0 bridgehead atoms. The Labute approximate surface area is 247 Å². The summed E-state index contributed by atoms with van der Waals surface area (Å²) in [6.45, 7) is 0.495. The van der Waals surface area contributed by atoms with E-state index in [1.165, 1.54) is 48.2 Å². The fourth-order valence-corrected chi connectivity index (χ4v) is 6.71. The minimum absolute atomic E-state index is 0.0431. The largest absolute Gasteiger partial charge is 0.416 e. The molecule has 6 nitrogen and oxygen atoms in total. The molecule has 2 unspecified atom stereocenters. The van der Waals surface area contributed by atoms with Crippen LogP contribution in [0.5, 0.6) is 0 Å².